The van der Waals surface area contributed by atoms with Crippen LogP contribution in [0.3, 0.4) is 0 Å². The maximum atomic E-state index is 11.4. The van der Waals surface area contributed by atoms with Gasteiger partial charge < -0.3 is 4.74 Å². The third kappa shape index (κ3) is 6.88. The van der Waals surface area contributed by atoms with Crippen molar-refractivity contribution >= 4 is 19.9 Å². The molecule has 0 bridgehead atoms. The predicted molar refractivity (Wildman–Crippen MR) is 76.9 cm³/mol. The molecule has 1 aromatic carbocycles. The zero-order valence-corrected chi connectivity index (χ0v) is 12.9. The molecule has 0 aliphatic heterocycles. The average Bonchev–Trinajstić information content (AvgIpc) is 2.31. The van der Waals surface area contributed by atoms with Gasteiger partial charge in [0, 0.05) is 6.26 Å². The fourth-order valence-corrected chi connectivity index (χ4v) is 2.83. The van der Waals surface area contributed by atoms with E-state index in [-0.39, 0.29) is 10.6 Å². The number of sulfone groups is 1. The SMILES string of the molecule is CS(=O)(=O)c1cccc(OCCCCCS(N)(=O)=O)c1. The molecule has 0 atom stereocenters. The number of unbranched alkanes of at least 4 members (excludes halogenated alkanes) is 2. The smallest absolute Gasteiger partial charge is 0.209 e. The van der Waals surface area contributed by atoms with Crippen molar-refractivity contribution in [3.05, 3.63) is 24.3 Å². The van der Waals surface area contributed by atoms with Crippen molar-refractivity contribution in [2.75, 3.05) is 18.6 Å². The molecule has 0 saturated heterocycles. The number of nitrogens with two attached hydrogens (primary N) is 1. The molecular formula is C12H19NO5S2. The van der Waals surface area contributed by atoms with Crippen molar-refractivity contribution < 1.29 is 21.6 Å². The molecule has 0 aliphatic carbocycles. The van der Waals surface area contributed by atoms with Crippen molar-refractivity contribution in [2.24, 2.45) is 5.14 Å². The van der Waals surface area contributed by atoms with Crippen LogP contribution in [-0.2, 0) is 19.9 Å². The minimum Gasteiger partial charge on any atom is -0.494 e. The first-order chi connectivity index (χ1) is 9.18. The Balaban J connectivity index is 2.36. The first kappa shape index (κ1) is 16.9. The van der Waals surface area contributed by atoms with Gasteiger partial charge in [-0.1, -0.05) is 6.07 Å². The van der Waals surface area contributed by atoms with Crippen molar-refractivity contribution in [3.8, 4) is 5.75 Å². The lowest BCUT2D eigenvalue weighted by atomic mass is 10.3. The van der Waals surface area contributed by atoms with Crippen molar-refractivity contribution in [1.29, 1.82) is 0 Å². The largest absolute Gasteiger partial charge is 0.494 e. The molecule has 8 heteroatoms. The number of hydrogen-bond donors (Lipinski definition) is 1. The molecule has 0 spiro atoms. The molecular weight excluding hydrogens is 302 g/mol. The Labute approximate surface area is 119 Å². The Morgan fingerprint density at radius 2 is 1.80 bits per heavy atom. The van der Waals surface area contributed by atoms with Crippen LogP contribution in [0.25, 0.3) is 0 Å². The third-order valence-electron chi connectivity index (χ3n) is 2.58. The molecule has 1 aromatic rings. The van der Waals surface area contributed by atoms with Crippen LogP contribution < -0.4 is 9.88 Å². The normalized spacial score (nSPS) is 12.3. The van der Waals surface area contributed by atoms with E-state index in [1.807, 2.05) is 0 Å². The minimum atomic E-state index is -3.39. The van der Waals surface area contributed by atoms with E-state index in [0.29, 0.717) is 31.6 Å². The van der Waals surface area contributed by atoms with Crippen molar-refractivity contribution in [2.45, 2.75) is 24.2 Å². The molecule has 0 aliphatic rings. The molecule has 6 nitrogen and oxygen atoms in total. The highest BCUT2D eigenvalue weighted by atomic mass is 32.2. The lowest BCUT2D eigenvalue weighted by Crippen LogP contribution is -2.16. The Morgan fingerprint density at radius 1 is 1.10 bits per heavy atom. The Hall–Kier alpha value is -1.12. The summed E-state index contributed by atoms with van der Waals surface area (Å²) in [6.07, 6.45) is 2.99. The summed E-state index contributed by atoms with van der Waals surface area (Å²) in [5.41, 5.74) is 0. The first-order valence-corrected chi connectivity index (χ1v) is 9.72. The van der Waals surface area contributed by atoms with E-state index < -0.39 is 19.9 Å². The molecule has 0 radical (unpaired) electrons. The summed E-state index contributed by atoms with van der Waals surface area (Å²) in [7, 11) is -6.63. The lowest BCUT2D eigenvalue weighted by Gasteiger charge is -2.07. The summed E-state index contributed by atoms with van der Waals surface area (Å²) in [5.74, 6) is 0.454. The minimum absolute atomic E-state index is 0.0312. The molecule has 0 aromatic heterocycles. The van der Waals surface area contributed by atoms with E-state index in [2.05, 4.69) is 0 Å². The standard InChI is InChI=1S/C12H19NO5S2/c1-19(14,15)12-7-5-6-11(10-12)18-8-3-2-4-9-20(13,16)17/h5-7,10H,2-4,8-9H2,1H3,(H2,13,16,17). The summed E-state index contributed by atoms with van der Waals surface area (Å²) < 4.78 is 49.6. The summed E-state index contributed by atoms with van der Waals surface area (Å²) in [6.45, 7) is 0.401. The highest BCUT2D eigenvalue weighted by Gasteiger charge is 2.07. The van der Waals surface area contributed by atoms with Crippen LogP contribution in [0.2, 0.25) is 0 Å². The molecule has 0 unspecified atom stereocenters. The van der Waals surface area contributed by atoms with Crippen LogP contribution >= 0.6 is 0 Å². The molecule has 0 saturated carbocycles. The molecule has 0 fully saturated rings. The average molecular weight is 321 g/mol. The monoisotopic (exact) mass is 321 g/mol. The van der Waals surface area contributed by atoms with Gasteiger partial charge in [-0.25, -0.2) is 22.0 Å². The van der Waals surface area contributed by atoms with Gasteiger partial charge in [0.2, 0.25) is 10.0 Å². The summed E-state index contributed by atoms with van der Waals surface area (Å²) >= 11 is 0. The van der Waals surface area contributed by atoms with Gasteiger partial charge in [0.05, 0.1) is 17.3 Å². The van der Waals surface area contributed by atoms with Gasteiger partial charge in [-0.05, 0) is 37.5 Å². The second-order valence-electron chi connectivity index (χ2n) is 4.52. The number of rotatable bonds is 8. The second kappa shape index (κ2) is 7.05. The maximum absolute atomic E-state index is 11.4. The molecule has 0 amide bonds. The number of hydrogen-bond acceptors (Lipinski definition) is 5. The van der Waals surface area contributed by atoms with E-state index in [4.69, 9.17) is 9.88 Å². The maximum Gasteiger partial charge on any atom is 0.209 e. The van der Waals surface area contributed by atoms with Crippen LogP contribution in [0, 0.1) is 0 Å². The topological polar surface area (TPSA) is 104 Å². The predicted octanol–water partition coefficient (Wildman–Crippen LogP) is 0.928. The van der Waals surface area contributed by atoms with Crippen LogP contribution in [0.5, 0.6) is 5.75 Å². The zero-order chi connectivity index (χ0) is 15.2. The summed E-state index contributed by atoms with van der Waals surface area (Å²) in [4.78, 5) is 0.212. The van der Waals surface area contributed by atoms with E-state index in [1.165, 1.54) is 12.1 Å². The van der Waals surface area contributed by atoms with Gasteiger partial charge in [0.25, 0.3) is 0 Å². The van der Waals surface area contributed by atoms with Crippen LogP contribution in [0.4, 0.5) is 0 Å². The fourth-order valence-electron chi connectivity index (χ4n) is 1.57. The molecule has 1 rings (SSSR count). The quantitative estimate of drug-likeness (QED) is 0.717. The molecule has 0 heterocycles. The van der Waals surface area contributed by atoms with E-state index >= 15 is 0 Å². The Bertz CT molecular complexity index is 638. The van der Waals surface area contributed by atoms with Crippen LogP contribution in [0.15, 0.2) is 29.2 Å². The number of ether oxygens (including phenoxy) is 1. The van der Waals surface area contributed by atoms with Gasteiger partial charge >= 0.3 is 0 Å². The highest BCUT2D eigenvalue weighted by molar-refractivity contribution is 7.90. The molecule has 114 valence electrons. The van der Waals surface area contributed by atoms with Gasteiger partial charge in [0.15, 0.2) is 9.84 Å². The van der Waals surface area contributed by atoms with E-state index in [9.17, 15) is 16.8 Å². The number of sulfonamides is 1. The van der Waals surface area contributed by atoms with Gasteiger partial charge in [0.1, 0.15) is 5.75 Å². The summed E-state index contributed by atoms with van der Waals surface area (Å²) in [6, 6.07) is 6.28. The van der Waals surface area contributed by atoms with Crippen LogP contribution in [0.1, 0.15) is 19.3 Å². The van der Waals surface area contributed by atoms with Gasteiger partial charge in [-0.2, -0.15) is 0 Å². The second-order valence-corrected chi connectivity index (χ2v) is 8.27. The van der Waals surface area contributed by atoms with Crippen molar-refractivity contribution in [3.63, 3.8) is 0 Å². The Kier molecular flexibility index (Phi) is 5.97. The van der Waals surface area contributed by atoms with Gasteiger partial charge in [-0.15, -0.1) is 0 Å². The van der Waals surface area contributed by atoms with Crippen LogP contribution in [-0.4, -0.2) is 35.5 Å². The molecule has 2 N–H and O–H groups in total. The fraction of sp³-hybridized carbons (Fsp3) is 0.500. The summed E-state index contributed by atoms with van der Waals surface area (Å²) in [5, 5.41) is 4.88. The first-order valence-electron chi connectivity index (χ1n) is 6.12. The number of benzene rings is 1. The van der Waals surface area contributed by atoms with E-state index in [0.717, 1.165) is 6.26 Å². The van der Waals surface area contributed by atoms with Crippen molar-refractivity contribution in [1.82, 2.24) is 0 Å². The zero-order valence-electron chi connectivity index (χ0n) is 11.3. The van der Waals surface area contributed by atoms with E-state index in [1.54, 1.807) is 12.1 Å². The third-order valence-corrected chi connectivity index (χ3v) is 4.54. The Morgan fingerprint density at radius 3 is 2.40 bits per heavy atom. The van der Waals surface area contributed by atoms with Gasteiger partial charge in [-0.3, -0.25) is 0 Å². The molecule has 20 heavy (non-hydrogen) atoms. The highest BCUT2D eigenvalue weighted by Crippen LogP contribution is 2.17. The lowest BCUT2D eigenvalue weighted by molar-refractivity contribution is 0.305. The number of primary sulfonamides is 1.